The lowest BCUT2D eigenvalue weighted by Crippen LogP contribution is -2.27. The molecule has 0 atom stereocenters. The van der Waals surface area contributed by atoms with Gasteiger partial charge in [-0.05, 0) is 12.1 Å². The Morgan fingerprint density at radius 1 is 0.679 bits per heavy atom. The van der Waals surface area contributed by atoms with Crippen molar-refractivity contribution in [1.29, 1.82) is 0 Å². The minimum Gasteiger partial charge on any atom is -0.395 e. The lowest BCUT2D eigenvalue weighted by Gasteiger charge is -2.23. The van der Waals surface area contributed by atoms with Crippen LogP contribution in [0.5, 0.6) is 0 Å². The summed E-state index contributed by atoms with van der Waals surface area (Å²) in [5, 5.41) is 27.2. The lowest BCUT2D eigenvalue weighted by atomic mass is 9.82. The molecular formula is C20H24ClN3O4. The molecule has 1 aliphatic carbocycles. The van der Waals surface area contributed by atoms with Gasteiger partial charge in [0.05, 0.1) is 24.3 Å². The number of carbonyl (C=O) groups excluding carboxylic acids is 2. The van der Waals surface area contributed by atoms with E-state index in [2.05, 4.69) is 16.0 Å². The van der Waals surface area contributed by atoms with Gasteiger partial charge in [0, 0.05) is 48.7 Å². The first-order valence-electron chi connectivity index (χ1n) is 8.94. The highest BCUT2D eigenvalue weighted by atomic mass is 35.5. The van der Waals surface area contributed by atoms with Crippen LogP contribution < -0.4 is 16.0 Å². The molecule has 0 aromatic heterocycles. The number of carbonyl (C=O) groups is 2. The summed E-state index contributed by atoms with van der Waals surface area (Å²) >= 11 is 0. The van der Waals surface area contributed by atoms with Gasteiger partial charge in [0.2, 0.25) is 0 Å². The van der Waals surface area contributed by atoms with E-state index in [4.69, 9.17) is 10.2 Å². The Kier molecular flexibility index (Phi) is 7.95. The van der Waals surface area contributed by atoms with Gasteiger partial charge >= 0.3 is 0 Å². The van der Waals surface area contributed by atoms with Gasteiger partial charge in [-0.1, -0.05) is 24.3 Å². The van der Waals surface area contributed by atoms with E-state index in [0.29, 0.717) is 53.3 Å². The topological polar surface area (TPSA) is 111 Å². The van der Waals surface area contributed by atoms with Gasteiger partial charge in [0.15, 0.2) is 11.6 Å². The summed E-state index contributed by atoms with van der Waals surface area (Å²) in [6.45, 7) is 1.91. The van der Waals surface area contributed by atoms with Crippen LogP contribution in [0.1, 0.15) is 31.8 Å². The Bertz CT molecular complexity index is 857. The molecule has 28 heavy (non-hydrogen) atoms. The van der Waals surface area contributed by atoms with Crippen LogP contribution in [0, 0.1) is 0 Å². The fourth-order valence-electron chi connectivity index (χ4n) is 3.20. The number of ketones is 2. The Balaban J connectivity index is 0.00000280. The molecule has 0 spiro atoms. The van der Waals surface area contributed by atoms with Crippen LogP contribution in [-0.2, 0) is 0 Å². The maximum absolute atomic E-state index is 13.1. The molecular weight excluding hydrogens is 382 g/mol. The number of fused-ring (bicyclic) bond motifs is 2. The molecule has 0 saturated heterocycles. The van der Waals surface area contributed by atoms with Crippen LogP contribution in [0.15, 0.2) is 36.4 Å². The molecule has 0 unspecified atom stereocenters. The lowest BCUT2D eigenvalue weighted by molar-refractivity contribution is 0.0980. The summed E-state index contributed by atoms with van der Waals surface area (Å²) in [6.07, 6.45) is 0. The highest BCUT2D eigenvalue weighted by molar-refractivity contribution is 6.31. The predicted octanol–water partition coefficient (Wildman–Crippen LogP) is 1.28. The molecule has 0 amide bonds. The van der Waals surface area contributed by atoms with E-state index in [9.17, 15) is 9.59 Å². The number of aliphatic hydroxyl groups excluding tert-OH is 2. The number of benzene rings is 2. The molecule has 2 aromatic rings. The van der Waals surface area contributed by atoms with Crippen LogP contribution >= 0.6 is 12.4 Å². The van der Waals surface area contributed by atoms with Gasteiger partial charge in [0.1, 0.15) is 0 Å². The van der Waals surface area contributed by atoms with Crippen molar-refractivity contribution in [3.8, 4) is 0 Å². The van der Waals surface area contributed by atoms with E-state index < -0.39 is 0 Å². The first-order chi connectivity index (χ1) is 13.2. The molecule has 0 radical (unpaired) electrons. The number of aliphatic hydroxyl groups is 2. The van der Waals surface area contributed by atoms with E-state index in [1.165, 1.54) is 0 Å². The Labute approximate surface area is 169 Å². The van der Waals surface area contributed by atoms with E-state index in [0.717, 1.165) is 0 Å². The molecule has 2 aromatic carbocycles. The monoisotopic (exact) mass is 405 g/mol. The summed E-state index contributed by atoms with van der Waals surface area (Å²) in [5.74, 6) is -0.402. The minimum atomic E-state index is -0.206. The Morgan fingerprint density at radius 2 is 1.18 bits per heavy atom. The third-order valence-corrected chi connectivity index (χ3v) is 4.41. The van der Waals surface area contributed by atoms with Gasteiger partial charge in [-0.25, -0.2) is 0 Å². The van der Waals surface area contributed by atoms with Gasteiger partial charge in [-0.2, -0.15) is 0 Å². The van der Waals surface area contributed by atoms with Crippen molar-refractivity contribution >= 4 is 35.3 Å². The average Bonchev–Trinajstić information content (AvgIpc) is 2.70. The van der Waals surface area contributed by atoms with Crippen molar-refractivity contribution in [3.63, 3.8) is 0 Å². The van der Waals surface area contributed by atoms with Crippen LogP contribution in [-0.4, -0.2) is 61.2 Å². The number of hydrogen-bond acceptors (Lipinski definition) is 7. The molecule has 7 nitrogen and oxygen atoms in total. The number of halogens is 1. The fraction of sp³-hybridized carbons (Fsp3) is 0.300. The van der Waals surface area contributed by atoms with Crippen LogP contribution in [0.25, 0.3) is 0 Å². The van der Waals surface area contributed by atoms with Gasteiger partial charge in [-0.3, -0.25) is 9.59 Å². The first-order valence-corrected chi connectivity index (χ1v) is 8.94. The molecule has 0 aliphatic heterocycles. The molecule has 1 aliphatic rings. The Hall–Kier alpha value is -2.45. The zero-order valence-corrected chi connectivity index (χ0v) is 16.1. The molecule has 5 N–H and O–H groups in total. The second-order valence-electron chi connectivity index (χ2n) is 6.17. The van der Waals surface area contributed by atoms with Crippen molar-refractivity contribution in [2.75, 3.05) is 50.0 Å². The van der Waals surface area contributed by atoms with Crippen molar-refractivity contribution in [2.45, 2.75) is 0 Å². The number of anilines is 2. The molecule has 0 bridgehead atoms. The van der Waals surface area contributed by atoms with E-state index in [-0.39, 0.29) is 43.7 Å². The van der Waals surface area contributed by atoms with Crippen molar-refractivity contribution in [2.24, 2.45) is 0 Å². The van der Waals surface area contributed by atoms with E-state index in [1.807, 2.05) is 0 Å². The first kappa shape index (κ1) is 21.8. The zero-order chi connectivity index (χ0) is 19.2. The van der Waals surface area contributed by atoms with E-state index >= 15 is 0 Å². The van der Waals surface area contributed by atoms with Crippen LogP contribution in [0.2, 0.25) is 0 Å². The number of hydrogen-bond donors (Lipinski definition) is 5. The van der Waals surface area contributed by atoms with Crippen molar-refractivity contribution in [1.82, 2.24) is 5.32 Å². The fourth-order valence-corrected chi connectivity index (χ4v) is 3.20. The summed E-state index contributed by atoms with van der Waals surface area (Å²) in [6, 6.07) is 10.3. The highest BCUT2D eigenvalue weighted by Gasteiger charge is 2.33. The third kappa shape index (κ3) is 4.34. The summed E-state index contributed by atoms with van der Waals surface area (Å²) < 4.78 is 0. The van der Waals surface area contributed by atoms with Gasteiger partial charge in [-0.15, -0.1) is 12.4 Å². The van der Waals surface area contributed by atoms with Crippen molar-refractivity contribution < 1.29 is 19.8 Å². The van der Waals surface area contributed by atoms with Crippen LogP contribution in [0.4, 0.5) is 11.4 Å². The van der Waals surface area contributed by atoms with Gasteiger partial charge in [0.25, 0.3) is 0 Å². The Morgan fingerprint density at radius 3 is 1.68 bits per heavy atom. The number of nitrogens with one attached hydrogen (secondary N) is 3. The average molecular weight is 406 g/mol. The van der Waals surface area contributed by atoms with Crippen LogP contribution in [0.3, 0.4) is 0 Å². The maximum atomic E-state index is 13.1. The second kappa shape index (κ2) is 10.2. The molecule has 0 heterocycles. The molecule has 150 valence electrons. The number of rotatable bonds is 9. The molecule has 0 fully saturated rings. The maximum Gasteiger partial charge on any atom is 0.196 e. The molecule has 3 rings (SSSR count). The molecule has 8 heteroatoms. The zero-order valence-electron chi connectivity index (χ0n) is 15.3. The second-order valence-corrected chi connectivity index (χ2v) is 6.17. The van der Waals surface area contributed by atoms with Gasteiger partial charge < -0.3 is 26.2 Å². The smallest absolute Gasteiger partial charge is 0.196 e. The standard InChI is InChI=1S/C20H23N3O4.ClH/c24-11-9-21-7-8-22-15-5-6-16(23-10-12-25)18-17(15)19(26)13-3-1-2-4-14(13)20(18)27;/h1-6,21-25H,7-12H2;1H. The summed E-state index contributed by atoms with van der Waals surface area (Å²) in [5.41, 5.74) is 2.61. The minimum absolute atomic E-state index is 0. The third-order valence-electron chi connectivity index (χ3n) is 4.41. The summed E-state index contributed by atoms with van der Waals surface area (Å²) in [4.78, 5) is 26.2. The normalized spacial score (nSPS) is 12.1. The van der Waals surface area contributed by atoms with Crippen molar-refractivity contribution in [3.05, 3.63) is 58.7 Å². The largest absolute Gasteiger partial charge is 0.395 e. The summed E-state index contributed by atoms with van der Waals surface area (Å²) in [7, 11) is 0. The quantitative estimate of drug-likeness (QED) is 0.341. The molecule has 0 saturated carbocycles. The SMILES string of the molecule is Cl.O=C1c2ccccc2C(=O)c2c(NCCNCCO)ccc(NCCO)c21. The predicted molar refractivity (Wildman–Crippen MR) is 111 cm³/mol. The van der Waals surface area contributed by atoms with E-state index in [1.54, 1.807) is 36.4 Å². The highest BCUT2D eigenvalue weighted by Crippen LogP contribution is 2.36.